The summed E-state index contributed by atoms with van der Waals surface area (Å²) >= 11 is 0. The summed E-state index contributed by atoms with van der Waals surface area (Å²) in [5, 5.41) is 0. The predicted molar refractivity (Wildman–Crippen MR) is 93.0 cm³/mol. The first-order valence-electron chi connectivity index (χ1n) is 8.07. The van der Waals surface area contributed by atoms with Crippen LogP contribution in [0.4, 0.5) is 0 Å². The van der Waals surface area contributed by atoms with Crippen LogP contribution in [0.25, 0.3) is 0 Å². The van der Waals surface area contributed by atoms with Crippen molar-refractivity contribution in [3.63, 3.8) is 0 Å². The molecule has 0 amide bonds. The van der Waals surface area contributed by atoms with Gasteiger partial charge in [-0.25, -0.2) is 0 Å². The number of rotatable bonds is 12. The Kier molecular flexibility index (Phi) is 9.54. The second-order valence-corrected chi connectivity index (χ2v) is 13.8. The number of unbranched alkanes of at least 4 members (excludes halogenated alkanes) is 2. The van der Waals surface area contributed by atoms with E-state index < -0.39 is 17.1 Å². The summed E-state index contributed by atoms with van der Waals surface area (Å²) in [7, 11) is 2.29. The van der Waals surface area contributed by atoms with Gasteiger partial charge in [-0.15, -0.1) is 0 Å². The highest BCUT2D eigenvalue weighted by atomic mass is 28.4. The van der Waals surface area contributed by atoms with E-state index in [0.717, 1.165) is 38.5 Å². The zero-order valence-corrected chi connectivity index (χ0v) is 17.4. The maximum atomic E-state index is 5.99. The summed E-state index contributed by atoms with van der Waals surface area (Å²) in [5.41, 5.74) is 0. The second kappa shape index (κ2) is 9.42. The van der Waals surface area contributed by atoms with E-state index in [-0.39, 0.29) is 4.66 Å². The van der Waals surface area contributed by atoms with Crippen LogP contribution < -0.4 is 0 Å². The Morgan fingerprint density at radius 3 is 1.14 bits per heavy atom. The minimum Gasteiger partial charge on any atom is -0.397 e. The Balaban J connectivity index is 5.94. The van der Waals surface area contributed by atoms with Crippen molar-refractivity contribution < 1.29 is 17.7 Å². The third-order valence-electron chi connectivity index (χ3n) is 5.21. The van der Waals surface area contributed by atoms with Crippen LogP contribution in [-0.4, -0.2) is 45.6 Å². The molecule has 0 atom stereocenters. The first-order valence-corrected chi connectivity index (χ1v) is 12.7. The van der Waals surface area contributed by atoms with Gasteiger partial charge in [-0.05, 0) is 25.9 Å². The number of hydrogen-bond acceptors (Lipinski definition) is 4. The van der Waals surface area contributed by atoms with Gasteiger partial charge in [-0.1, -0.05) is 39.5 Å². The molecule has 4 nitrogen and oxygen atoms in total. The Hall–Kier alpha value is 0.274. The van der Waals surface area contributed by atoms with Crippen molar-refractivity contribution in [1.29, 1.82) is 0 Å². The van der Waals surface area contributed by atoms with Crippen molar-refractivity contribution in [3.8, 4) is 0 Å². The molecule has 0 bridgehead atoms. The molecule has 0 aliphatic carbocycles. The summed E-state index contributed by atoms with van der Waals surface area (Å²) in [6.45, 7) is 8.78. The van der Waals surface area contributed by atoms with Crippen LogP contribution >= 0.6 is 0 Å². The minimum atomic E-state index is -2.42. The molecule has 0 saturated carbocycles. The molecule has 0 spiro atoms. The number of hydrogen-bond donors (Lipinski definition) is 0. The zero-order chi connectivity index (χ0) is 16.6. The fourth-order valence-electron chi connectivity index (χ4n) is 3.35. The summed E-state index contributed by atoms with van der Waals surface area (Å²) in [6.07, 6.45) is 6.71. The van der Waals surface area contributed by atoms with E-state index in [1.165, 1.54) is 0 Å². The van der Waals surface area contributed by atoms with Gasteiger partial charge in [0.15, 0.2) is 0 Å². The van der Waals surface area contributed by atoms with Gasteiger partial charge in [0.1, 0.15) is 0 Å². The molecule has 0 saturated heterocycles. The summed E-state index contributed by atoms with van der Waals surface area (Å²) in [6, 6.07) is 0. The van der Waals surface area contributed by atoms with Crippen LogP contribution in [0.1, 0.15) is 52.4 Å². The van der Waals surface area contributed by atoms with Crippen molar-refractivity contribution in [3.05, 3.63) is 0 Å². The first kappa shape index (κ1) is 21.3. The molecule has 0 radical (unpaired) electrons. The van der Waals surface area contributed by atoms with Gasteiger partial charge < -0.3 is 17.7 Å². The molecular formula is C15H36O4Si2. The molecule has 128 valence electrons. The maximum absolute atomic E-state index is 5.99. The molecule has 0 aromatic rings. The largest absolute Gasteiger partial charge is 0.397 e. The van der Waals surface area contributed by atoms with Crippen LogP contribution in [0.3, 0.4) is 0 Å². The minimum absolute atomic E-state index is 0.0982. The van der Waals surface area contributed by atoms with E-state index in [1.54, 1.807) is 28.4 Å². The third-order valence-corrected chi connectivity index (χ3v) is 15.5. The second-order valence-electron chi connectivity index (χ2n) is 6.00. The molecule has 0 fully saturated rings. The molecule has 0 aromatic heterocycles. The standard InChI is InChI=1S/C15H36O4Si2/c1-9-11-13-15(14-12-10-2,20(7,16-3)17-4)21(8,18-5)19-6/h9-14H2,1-8H3. The van der Waals surface area contributed by atoms with Crippen molar-refractivity contribution in [2.75, 3.05) is 28.4 Å². The van der Waals surface area contributed by atoms with Crippen LogP contribution in [0.5, 0.6) is 0 Å². The average molecular weight is 337 g/mol. The van der Waals surface area contributed by atoms with E-state index in [9.17, 15) is 0 Å². The smallest absolute Gasteiger partial charge is 0.342 e. The van der Waals surface area contributed by atoms with Crippen molar-refractivity contribution >= 4 is 17.1 Å². The molecule has 0 N–H and O–H groups in total. The average Bonchev–Trinajstić information content (AvgIpc) is 2.53. The Morgan fingerprint density at radius 1 is 0.667 bits per heavy atom. The lowest BCUT2D eigenvalue weighted by Gasteiger charge is -2.51. The summed E-state index contributed by atoms with van der Waals surface area (Å²) in [5.74, 6) is 0. The molecule has 0 unspecified atom stereocenters. The van der Waals surface area contributed by atoms with Gasteiger partial charge in [0.05, 0.1) is 4.66 Å². The lowest BCUT2D eigenvalue weighted by atomic mass is 10.1. The van der Waals surface area contributed by atoms with Crippen molar-refractivity contribution in [2.24, 2.45) is 0 Å². The van der Waals surface area contributed by atoms with E-state index in [2.05, 4.69) is 26.9 Å². The van der Waals surface area contributed by atoms with Crippen molar-refractivity contribution in [1.82, 2.24) is 0 Å². The first-order chi connectivity index (χ1) is 9.86. The lowest BCUT2D eigenvalue weighted by molar-refractivity contribution is 0.169. The Bertz CT molecular complexity index is 251. The van der Waals surface area contributed by atoms with Crippen molar-refractivity contribution in [2.45, 2.75) is 70.1 Å². The predicted octanol–water partition coefficient (Wildman–Crippen LogP) is 4.38. The Labute approximate surface area is 134 Å². The molecule has 0 aliphatic rings. The molecule has 0 rings (SSSR count). The van der Waals surface area contributed by atoms with Gasteiger partial charge >= 0.3 is 17.1 Å². The van der Waals surface area contributed by atoms with Gasteiger partial charge in [0.2, 0.25) is 0 Å². The van der Waals surface area contributed by atoms with E-state index >= 15 is 0 Å². The summed E-state index contributed by atoms with van der Waals surface area (Å²) < 4.78 is 23.9. The highest BCUT2D eigenvalue weighted by Gasteiger charge is 2.65. The van der Waals surface area contributed by atoms with Crippen LogP contribution in [0, 0.1) is 0 Å². The maximum Gasteiger partial charge on any atom is 0.342 e. The van der Waals surface area contributed by atoms with E-state index in [0.29, 0.717) is 0 Å². The molecule has 6 heteroatoms. The van der Waals surface area contributed by atoms with Gasteiger partial charge in [-0.3, -0.25) is 0 Å². The fraction of sp³-hybridized carbons (Fsp3) is 1.00. The monoisotopic (exact) mass is 336 g/mol. The topological polar surface area (TPSA) is 36.9 Å². The van der Waals surface area contributed by atoms with Crippen LogP contribution in [0.15, 0.2) is 0 Å². The zero-order valence-electron chi connectivity index (χ0n) is 15.4. The van der Waals surface area contributed by atoms with E-state index in [1.807, 2.05) is 0 Å². The van der Waals surface area contributed by atoms with Crippen LogP contribution in [-0.2, 0) is 17.7 Å². The quantitative estimate of drug-likeness (QED) is 0.496. The van der Waals surface area contributed by atoms with Gasteiger partial charge in [-0.2, -0.15) is 0 Å². The molecule has 0 aliphatic heterocycles. The molecule has 0 heterocycles. The molecule has 0 aromatic carbocycles. The van der Waals surface area contributed by atoms with Gasteiger partial charge in [0, 0.05) is 28.4 Å². The SMILES string of the molecule is CCCCC(CCCC)([Si](C)(OC)OC)[Si](C)(OC)OC. The van der Waals surface area contributed by atoms with Crippen LogP contribution in [0.2, 0.25) is 17.8 Å². The van der Waals surface area contributed by atoms with Gasteiger partial charge in [0.25, 0.3) is 0 Å². The molecule has 21 heavy (non-hydrogen) atoms. The highest BCUT2D eigenvalue weighted by Crippen LogP contribution is 2.55. The van der Waals surface area contributed by atoms with E-state index in [4.69, 9.17) is 17.7 Å². The normalized spacial score (nSPS) is 13.7. The molecular weight excluding hydrogens is 300 g/mol. The Morgan fingerprint density at radius 2 is 0.952 bits per heavy atom. The third kappa shape index (κ3) is 4.17. The fourth-order valence-corrected chi connectivity index (χ4v) is 12.3. The highest BCUT2D eigenvalue weighted by molar-refractivity contribution is 6.89. The summed E-state index contributed by atoms with van der Waals surface area (Å²) in [4.78, 5) is 0. The lowest BCUT2D eigenvalue weighted by Crippen LogP contribution is -2.64.